The van der Waals surface area contributed by atoms with E-state index in [1.165, 1.54) is 28.2 Å². The topological polar surface area (TPSA) is 12.0 Å². The molecular weight excluding hydrogens is 250 g/mol. The molecule has 2 aromatic rings. The van der Waals surface area contributed by atoms with Crippen molar-refractivity contribution in [2.75, 3.05) is 0 Å². The molecule has 0 amide bonds. The highest BCUT2D eigenvalue weighted by Gasteiger charge is 2.31. The minimum absolute atomic E-state index is 0.487. The molecule has 100 valence electrons. The largest absolute Gasteiger partial charge is 0.307 e. The summed E-state index contributed by atoms with van der Waals surface area (Å²) in [6.07, 6.45) is 2.55. The van der Waals surface area contributed by atoms with Crippen molar-refractivity contribution in [2.45, 2.75) is 44.7 Å². The molecule has 1 aliphatic carbocycles. The molecule has 0 bridgehead atoms. The van der Waals surface area contributed by atoms with E-state index in [0.29, 0.717) is 12.1 Å². The van der Waals surface area contributed by atoms with Crippen molar-refractivity contribution >= 4 is 11.3 Å². The molecule has 1 aliphatic rings. The van der Waals surface area contributed by atoms with Crippen molar-refractivity contribution in [2.24, 2.45) is 0 Å². The van der Waals surface area contributed by atoms with Crippen molar-refractivity contribution in [3.63, 3.8) is 0 Å². The van der Waals surface area contributed by atoms with Gasteiger partial charge in [0, 0.05) is 21.8 Å². The molecule has 1 nitrogen and oxygen atoms in total. The summed E-state index contributed by atoms with van der Waals surface area (Å²) in [5.74, 6) is 0.760. The van der Waals surface area contributed by atoms with E-state index in [-0.39, 0.29) is 0 Å². The molecule has 0 spiro atoms. The van der Waals surface area contributed by atoms with E-state index >= 15 is 0 Å². The Bertz CT molecular complexity index is 525. The number of nitrogens with one attached hydrogen (secondary N) is 1. The first-order valence-corrected chi connectivity index (χ1v) is 7.91. The minimum atomic E-state index is 0.487. The molecule has 1 aromatic carbocycles. The molecule has 1 saturated carbocycles. The van der Waals surface area contributed by atoms with Gasteiger partial charge in [0.1, 0.15) is 0 Å². The summed E-state index contributed by atoms with van der Waals surface area (Å²) in [5, 5.41) is 3.76. The van der Waals surface area contributed by atoms with Crippen molar-refractivity contribution in [1.82, 2.24) is 5.32 Å². The van der Waals surface area contributed by atoms with E-state index in [1.54, 1.807) is 0 Å². The standard InChI is InChI=1S/C17H21NS/c1-12-8-9-17(19-12)13(2)18-16-10-15(11-16)14-6-4-3-5-7-14/h3-9,13,15-16,18H,10-11H2,1-2H3. The summed E-state index contributed by atoms with van der Waals surface area (Å²) in [5.41, 5.74) is 1.50. The van der Waals surface area contributed by atoms with Crippen LogP contribution in [0.2, 0.25) is 0 Å². The SMILES string of the molecule is Cc1ccc(C(C)NC2CC(c3ccccc3)C2)s1. The van der Waals surface area contributed by atoms with Crippen LogP contribution in [0.4, 0.5) is 0 Å². The molecule has 1 N–H and O–H groups in total. The van der Waals surface area contributed by atoms with Crippen LogP contribution in [0.3, 0.4) is 0 Å². The fourth-order valence-corrected chi connectivity index (χ4v) is 3.76. The van der Waals surface area contributed by atoms with Crippen LogP contribution in [0.1, 0.15) is 47.0 Å². The van der Waals surface area contributed by atoms with E-state index in [1.807, 2.05) is 11.3 Å². The highest BCUT2D eigenvalue weighted by molar-refractivity contribution is 7.12. The fraction of sp³-hybridized carbons (Fsp3) is 0.412. The number of aryl methyl sites for hydroxylation is 1. The van der Waals surface area contributed by atoms with E-state index in [0.717, 1.165) is 5.92 Å². The predicted octanol–water partition coefficient (Wildman–Crippen LogP) is 4.65. The second kappa shape index (κ2) is 5.48. The van der Waals surface area contributed by atoms with Crippen molar-refractivity contribution < 1.29 is 0 Å². The van der Waals surface area contributed by atoms with Crippen LogP contribution >= 0.6 is 11.3 Å². The van der Waals surface area contributed by atoms with Gasteiger partial charge in [0.05, 0.1) is 0 Å². The summed E-state index contributed by atoms with van der Waals surface area (Å²) in [7, 11) is 0. The van der Waals surface area contributed by atoms with Crippen molar-refractivity contribution in [3.8, 4) is 0 Å². The van der Waals surface area contributed by atoms with Gasteiger partial charge in [0.15, 0.2) is 0 Å². The average molecular weight is 271 g/mol. The summed E-state index contributed by atoms with van der Waals surface area (Å²) in [6.45, 7) is 4.46. The highest BCUT2D eigenvalue weighted by atomic mass is 32.1. The van der Waals surface area contributed by atoms with Gasteiger partial charge in [0.2, 0.25) is 0 Å². The second-order valence-corrected chi connectivity index (χ2v) is 6.93. The zero-order valence-electron chi connectivity index (χ0n) is 11.6. The van der Waals surface area contributed by atoms with E-state index in [4.69, 9.17) is 0 Å². The maximum absolute atomic E-state index is 3.76. The summed E-state index contributed by atoms with van der Waals surface area (Å²) >= 11 is 1.91. The monoisotopic (exact) mass is 271 g/mol. The lowest BCUT2D eigenvalue weighted by Gasteiger charge is -2.38. The van der Waals surface area contributed by atoms with Gasteiger partial charge < -0.3 is 5.32 Å². The normalized spacial score (nSPS) is 23.9. The lowest BCUT2D eigenvalue weighted by molar-refractivity contribution is 0.272. The summed E-state index contributed by atoms with van der Waals surface area (Å²) in [4.78, 5) is 2.86. The van der Waals surface area contributed by atoms with Gasteiger partial charge in [-0.2, -0.15) is 0 Å². The van der Waals surface area contributed by atoms with Gasteiger partial charge in [-0.3, -0.25) is 0 Å². The third-order valence-electron chi connectivity index (χ3n) is 4.08. The molecule has 0 saturated heterocycles. The summed E-state index contributed by atoms with van der Waals surface area (Å²) < 4.78 is 0. The van der Waals surface area contributed by atoms with Crippen LogP contribution in [0.15, 0.2) is 42.5 Å². The van der Waals surface area contributed by atoms with Crippen molar-refractivity contribution in [1.29, 1.82) is 0 Å². The first-order valence-electron chi connectivity index (χ1n) is 7.09. The molecule has 1 fully saturated rings. The Balaban J connectivity index is 1.52. The number of hydrogen-bond donors (Lipinski definition) is 1. The third kappa shape index (κ3) is 2.90. The smallest absolute Gasteiger partial charge is 0.0388 e. The van der Waals surface area contributed by atoms with Gasteiger partial charge in [-0.1, -0.05) is 30.3 Å². The Morgan fingerprint density at radius 1 is 1.11 bits per heavy atom. The molecule has 1 heterocycles. The van der Waals surface area contributed by atoms with Crippen LogP contribution < -0.4 is 5.32 Å². The predicted molar refractivity (Wildman–Crippen MR) is 82.8 cm³/mol. The van der Waals surface area contributed by atoms with E-state index < -0.39 is 0 Å². The van der Waals surface area contributed by atoms with Gasteiger partial charge in [-0.15, -0.1) is 11.3 Å². The summed E-state index contributed by atoms with van der Waals surface area (Å²) in [6, 6.07) is 16.5. The van der Waals surface area contributed by atoms with Crippen molar-refractivity contribution in [3.05, 3.63) is 57.8 Å². The first-order chi connectivity index (χ1) is 9.22. The Labute approximate surface area is 119 Å². The minimum Gasteiger partial charge on any atom is -0.307 e. The third-order valence-corrected chi connectivity index (χ3v) is 5.27. The lowest BCUT2D eigenvalue weighted by atomic mass is 9.75. The lowest BCUT2D eigenvalue weighted by Crippen LogP contribution is -2.41. The number of thiophene rings is 1. The Kier molecular flexibility index (Phi) is 3.72. The molecule has 0 aliphatic heterocycles. The number of hydrogen-bond acceptors (Lipinski definition) is 2. The van der Waals surface area contributed by atoms with Crippen LogP contribution in [-0.4, -0.2) is 6.04 Å². The fourth-order valence-electron chi connectivity index (χ4n) is 2.87. The van der Waals surface area contributed by atoms with Gasteiger partial charge in [-0.05, 0) is 50.3 Å². The van der Waals surface area contributed by atoms with E-state index in [2.05, 4.69) is 61.6 Å². The molecule has 1 unspecified atom stereocenters. The van der Waals surface area contributed by atoms with E-state index in [9.17, 15) is 0 Å². The average Bonchev–Trinajstić information content (AvgIpc) is 2.81. The molecule has 1 aromatic heterocycles. The Morgan fingerprint density at radius 2 is 1.84 bits per heavy atom. The molecule has 3 rings (SSSR count). The molecule has 1 atom stereocenters. The molecule has 2 heteroatoms. The Morgan fingerprint density at radius 3 is 2.47 bits per heavy atom. The number of benzene rings is 1. The van der Waals surface area contributed by atoms with Crippen LogP contribution in [-0.2, 0) is 0 Å². The maximum atomic E-state index is 3.76. The zero-order valence-corrected chi connectivity index (χ0v) is 12.4. The van der Waals surface area contributed by atoms with Crippen LogP contribution in [0, 0.1) is 6.92 Å². The number of rotatable bonds is 4. The van der Waals surface area contributed by atoms with Crippen LogP contribution in [0.25, 0.3) is 0 Å². The maximum Gasteiger partial charge on any atom is 0.0388 e. The highest BCUT2D eigenvalue weighted by Crippen LogP contribution is 2.38. The molecular formula is C17H21NS. The molecule has 19 heavy (non-hydrogen) atoms. The van der Waals surface area contributed by atoms with Gasteiger partial charge in [-0.25, -0.2) is 0 Å². The quantitative estimate of drug-likeness (QED) is 0.853. The molecule has 0 radical (unpaired) electrons. The Hall–Kier alpha value is -1.12. The first kappa shape index (κ1) is 12.9. The second-order valence-electron chi connectivity index (χ2n) is 5.61. The zero-order chi connectivity index (χ0) is 13.2. The van der Waals surface area contributed by atoms with Gasteiger partial charge >= 0.3 is 0 Å². The van der Waals surface area contributed by atoms with Crippen LogP contribution in [0.5, 0.6) is 0 Å². The van der Waals surface area contributed by atoms with Gasteiger partial charge in [0.25, 0.3) is 0 Å².